The molecule has 1 aromatic carbocycles. The van der Waals surface area contributed by atoms with Gasteiger partial charge in [0, 0.05) is 41.4 Å². The number of nitrogens with one attached hydrogen (secondary N) is 1. The summed E-state index contributed by atoms with van der Waals surface area (Å²) in [6.45, 7) is 1.89. The zero-order chi connectivity index (χ0) is 29.4. The highest BCUT2D eigenvalue weighted by Crippen LogP contribution is 2.33. The number of carbonyl (C=O) groups excluding carboxylic acids is 1. The van der Waals surface area contributed by atoms with Crippen molar-refractivity contribution in [2.24, 2.45) is 13.0 Å². The number of halogens is 1. The van der Waals surface area contributed by atoms with E-state index in [4.69, 9.17) is 11.6 Å². The number of carbonyl (C=O) groups is 1. The highest BCUT2D eigenvalue weighted by atomic mass is 35.5. The van der Waals surface area contributed by atoms with Crippen LogP contribution in [0.15, 0.2) is 66.1 Å². The molecule has 210 valence electrons. The van der Waals surface area contributed by atoms with Crippen LogP contribution in [0.25, 0.3) is 28.2 Å². The molecule has 0 aliphatic carbocycles. The van der Waals surface area contributed by atoms with Gasteiger partial charge in [-0.15, -0.1) is 5.10 Å². The largest absolute Gasteiger partial charge is 0.323 e. The maximum Gasteiger partial charge on any atom is 0.254 e. The molecule has 0 unspecified atom stereocenters. The molecule has 0 fully saturated rings. The first-order valence-corrected chi connectivity index (χ1v) is 13.7. The third-order valence-electron chi connectivity index (χ3n) is 7.42. The number of pyridine rings is 1. The van der Waals surface area contributed by atoms with Gasteiger partial charge in [0.05, 0.1) is 53.2 Å². The Morgan fingerprint density at radius 1 is 1.12 bits per heavy atom. The average molecular weight is 581 g/mol. The van der Waals surface area contributed by atoms with Crippen LogP contribution < -0.4 is 10.9 Å². The molecule has 0 spiro atoms. The molecule has 2 bridgehead atoms. The van der Waals surface area contributed by atoms with E-state index in [9.17, 15) is 14.9 Å². The number of aryl methyl sites for hydroxylation is 1. The lowest BCUT2D eigenvalue weighted by Gasteiger charge is -2.22. The Morgan fingerprint density at radius 2 is 1.98 bits per heavy atom. The zero-order valence-corrected chi connectivity index (χ0v) is 23.5. The molecule has 2 atom stereocenters. The van der Waals surface area contributed by atoms with Gasteiger partial charge in [-0.05, 0) is 43.2 Å². The lowest BCUT2D eigenvalue weighted by atomic mass is 9.97. The highest BCUT2D eigenvalue weighted by molar-refractivity contribution is 6.31. The Morgan fingerprint density at radius 3 is 2.76 bits per heavy atom. The van der Waals surface area contributed by atoms with Crippen molar-refractivity contribution in [1.29, 1.82) is 5.26 Å². The minimum Gasteiger partial charge on any atom is -0.323 e. The molecular weight excluding hydrogens is 556 g/mol. The molecule has 0 saturated heterocycles. The molecule has 1 aliphatic heterocycles. The zero-order valence-electron chi connectivity index (χ0n) is 22.8. The molecule has 42 heavy (non-hydrogen) atoms. The van der Waals surface area contributed by atoms with E-state index in [1.54, 1.807) is 39.8 Å². The van der Waals surface area contributed by atoms with Crippen LogP contribution in [0.4, 0.5) is 5.69 Å². The molecule has 4 aromatic heterocycles. The summed E-state index contributed by atoms with van der Waals surface area (Å²) in [7, 11) is 1.82. The number of hydrogen-bond donors (Lipinski definition) is 1. The van der Waals surface area contributed by atoms with Crippen molar-refractivity contribution in [2.75, 3.05) is 5.32 Å². The highest BCUT2D eigenvalue weighted by Gasteiger charge is 2.24. The van der Waals surface area contributed by atoms with E-state index in [0.717, 1.165) is 11.3 Å². The number of anilines is 1. The van der Waals surface area contributed by atoms with Crippen molar-refractivity contribution in [3.05, 3.63) is 88.1 Å². The predicted octanol–water partition coefficient (Wildman–Crippen LogP) is 4.16. The van der Waals surface area contributed by atoms with E-state index < -0.39 is 6.04 Å². The van der Waals surface area contributed by atoms with Crippen LogP contribution >= 0.6 is 11.6 Å². The first-order valence-electron chi connectivity index (χ1n) is 13.3. The summed E-state index contributed by atoms with van der Waals surface area (Å²) in [5.41, 5.74) is 4.29. The van der Waals surface area contributed by atoms with Gasteiger partial charge in [0.15, 0.2) is 5.69 Å². The van der Waals surface area contributed by atoms with Gasteiger partial charge >= 0.3 is 0 Å². The predicted molar refractivity (Wildman–Crippen MR) is 155 cm³/mol. The summed E-state index contributed by atoms with van der Waals surface area (Å²) >= 11 is 6.31. The second kappa shape index (κ2) is 11.0. The minimum atomic E-state index is -0.419. The summed E-state index contributed by atoms with van der Waals surface area (Å²) in [4.78, 5) is 35.9. The van der Waals surface area contributed by atoms with Crippen molar-refractivity contribution in [1.82, 2.24) is 39.3 Å². The lowest BCUT2D eigenvalue weighted by molar-refractivity contribution is -0.119. The maximum atomic E-state index is 13.7. The fourth-order valence-electron chi connectivity index (χ4n) is 5.22. The van der Waals surface area contributed by atoms with Crippen molar-refractivity contribution in [2.45, 2.75) is 32.2 Å². The maximum absolute atomic E-state index is 13.7. The second-order valence-corrected chi connectivity index (χ2v) is 10.6. The van der Waals surface area contributed by atoms with E-state index in [1.807, 2.05) is 32.2 Å². The van der Waals surface area contributed by atoms with Crippen LogP contribution in [0, 0.1) is 17.2 Å². The van der Waals surface area contributed by atoms with Gasteiger partial charge in [0.1, 0.15) is 6.07 Å². The van der Waals surface area contributed by atoms with Gasteiger partial charge in [-0.2, -0.15) is 10.4 Å². The van der Waals surface area contributed by atoms with Gasteiger partial charge in [-0.25, -0.2) is 9.67 Å². The van der Waals surface area contributed by atoms with Crippen LogP contribution in [0.1, 0.15) is 43.6 Å². The van der Waals surface area contributed by atoms with Crippen LogP contribution in [-0.2, 0) is 11.8 Å². The summed E-state index contributed by atoms with van der Waals surface area (Å²) in [6.07, 6.45) is 8.24. The van der Waals surface area contributed by atoms with Crippen LogP contribution in [0.2, 0.25) is 5.02 Å². The molecule has 12 nitrogen and oxygen atoms in total. The number of fused-ring (bicyclic) bond motifs is 4. The standard InChI is InChI=1S/C29H25ClN10O2/c1-17-4-3-5-26(23-10-18(8-9-32-23)28-24(35-29(17)42)14-34-38(28)2)39-16-33-22(12-27(39)41)21-11-19(30)6-7-25(21)40-15-20(13-31)36-37-40/h6-12,14-17,26H,3-5H2,1-2H3,(H,35,42)/t17-,26+/m1/s1. The van der Waals surface area contributed by atoms with Gasteiger partial charge in [-0.3, -0.25) is 23.8 Å². The molecule has 13 heteroatoms. The van der Waals surface area contributed by atoms with E-state index >= 15 is 0 Å². The number of amides is 1. The first kappa shape index (κ1) is 27.0. The molecule has 1 N–H and O–H groups in total. The minimum absolute atomic E-state index is 0.0783. The molecule has 5 aromatic rings. The first-order chi connectivity index (χ1) is 20.3. The average Bonchev–Trinajstić information content (AvgIpc) is 3.61. The van der Waals surface area contributed by atoms with Crippen molar-refractivity contribution < 1.29 is 4.79 Å². The van der Waals surface area contributed by atoms with E-state index in [1.165, 1.54) is 23.3 Å². The number of nitriles is 1. The normalized spacial score (nSPS) is 17.0. The third-order valence-corrected chi connectivity index (χ3v) is 7.65. The Hall–Kier alpha value is -5.15. The number of aromatic nitrogens is 8. The fraction of sp³-hybridized carbons (Fsp3) is 0.241. The number of hydrogen-bond acceptors (Lipinski definition) is 8. The molecule has 6 rings (SSSR count). The lowest BCUT2D eigenvalue weighted by Crippen LogP contribution is -2.27. The summed E-state index contributed by atoms with van der Waals surface area (Å²) in [5.74, 6) is -0.313. The Balaban J connectivity index is 1.43. The Bertz CT molecular complexity index is 1920. The second-order valence-electron chi connectivity index (χ2n) is 10.2. The number of rotatable bonds is 3. The molecule has 0 radical (unpaired) electrons. The van der Waals surface area contributed by atoms with E-state index in [2.05, 4.69) is 30.7 Å². The topological polar surface area (TPSA) is 149 Å². The van der Waals surface area contributed by atoms with Gasteiger partial charge in [0.2, 0.25) is 5.91 Å². The smallest absolute Gasteiger partial charge is 0.254 e. The van der Waals surface area contributed by atoms with Gasteiger partial charge in [0.25, 0.3) is 5.56 Å². The van der Waals surface area contributed by atoms with E-state index in [-0.39, 0.29) is 23.1 Å². The number of nitrogens with zero attached hydrogens (tertiary/aromatic N) is 9. The van der Waals surface area contributed by atoms with E-state index in [0.29, 0.717) is 52.6 Å². The van der Waals surface area contributed by atoms with Gasteiger partial charge < -0.3 is 5.32 Å². The van der Waals surface area contributed by atoms with Crippen molar-refractivity contribution in [3.63, 3.8) is 0 Å². The number of benzene rings is 1. The quantitative estimate of drug-likeness (QED) is 0.334. The SMILES string of the molecule is C[C@@H]1CCC[C@H](n2cnc(-c3cc(Cl)ccc3-n3cc(C#N)nn3)cc2=O)c2cc(ccn2)-c2c(cnn2C)NC1=O. The molecule has 1 aliphatic rings. The Kier molecular flexibility index (Phi) is 7.10. The third kappa shape index (κ3) is 5.06. The monoisotopic (exact) mass is 580 g/mol. The summed E-state index contributed by atoms with van der Waals surface area (Å²) in [5, 5.41) is 24.9. The van der Waals surface area contributed by atoms with Crippen LogP contribution in [-0.4, -0.2) is 45.2 Å². The molecule has 1 amide bonds. The summed E-state index contributed by atoms with van der Waals surface area (Å²) in [6, 6.07) is 11.9. The fourth-order valence-corrected chi connectivity index (χ4v) is 5.39. The van der Waals surface area contributed by atoms with Crippen LogP contribution in [0.5, 0.6) is 0 Å². The van der Waals surface area contributed by atoms with Gasteiger partial charge in [-0.1, -0.05) is 30.2 Å². The van der Waals surface area contributed by atoms with Crippen LogP contribution in [0.3, 0.4) is 0 Å². The van der Waals surface area contributed by atoms with Crippen molar-refractivity contribution in [3.8, 4) is 34.3 Å². The molecule has 0 saturated carbocycles. The molecular formula is C29H25ClN10O2. The Labute approximate surface area is 245 Å². The molecule has 5 heterocycles. The van der Waals surface area contributed by atoms with Crippen molar-refractivity contribution >= 4 is 23.2 Å². The summed E-state index contributed by atoms with van der Waals surface area (Å²) < 4.78 is 4.73.